The van der Waals surface area contributed by atoms with Crippen molar-refractivity contribution in [2.75, 3.05) is 0 Å². The van der Waals surface area contributed by atoms with Crippen molar-refractivity contribution >= 4 is 5.91 Å². The highest BCUT2D eigenvalue weighted by Crippen LogP contribution is 2.42. The molecule has 1 aliphatic heterocycles. The molecule has 0 spiro atoms. The molecule has 0 unspecified atom stereocenters. The number of amides is 1. The van der Waals surface area contributed by atoms with Crippen LogP contribution in [0, 0.1) is 11.8 Å². The minimum Gasteiger partial charge on any atom is -0.332 e. The molecular formula is C20H29NO. The average molecular weight is 299 g/mol. The second kappa shape index (κ2) is 6.85. The molecule has 2 fully saturated rings. The van der Waals surface area contributed by atoms with E-state index >= 15 is 0 Å². The number of carbonyl (C=O) groups excluding carboxylic acids is 1. The lowest BCUT2D eigenvalue weighted by atomic mass is 9.70. The summed E-state index contributed by atoms with van der Waals surface area (Å²) in [7, 11) is 0. The zero-order valence-electron chi connectivity index (χ0n) is 14.0. The van der Waals surface area contributed by atoms with Gasteiger partial charge in [-0.15, -0.1) is 0 Å². The Hall–Kier alpha value is -1.31. The summed E-state index contributed by atoms with van der Waals surface area (Å²) in [6.07, 6.45) is 8.64. The van der Waals surface area contributed by atoms with E-state index in [9.17, 15) is 4.79 Å². The Morgan fingerprint density at radius 2 is 1.91 bits per heavy atom. The highest BCUT2D eigenvalue weighted by Gasteiger charge is 2.43. The number of hydrogen-bond donors (Lipinski definition) is 0. The van der Waals surface area contributed by atoms with Crippen LogP contribution in [-0.4, -0.2) is 22.9 Å². The van der Waals surface area contributed by atoms with E-state index in [0.717, 1.165) is 30.2 Å². The minimum absolute atomic E-state index is 0.267. The monoisotopic (exact) mass is 299 g/mol. The molecule has 1 aliphatic carbocycles. The Labute approximate surface area is 134 Å². The van der Waals surface area contributed by atoms with E-state index in [2.05, 4.69) is 18.7 Å². The Morgan fingerprint density at radius 3 is 2.64 bits per heavy atom. The molecule has 2 nitrogen and oxygen atoms in total. The molecule has 1 heterocycles. The quantitative estimate of drug-likeness (QED) is 0.777. The first-order chi connectivity index (χ1) is 10.7. The van der Waals surface area contributed by atoms with Gasteiger partial charge in [0.25, 0.3) is 5.91 Å². The number of hydrogen-bond acceptors (Lipinski definition) is 1. The number of likely N-dealkylation sites (tertiary alicyclic amines) is 1. The summed E-state index contributed by atoms with van der Waals surface area (Å²) >= 11 is 0. The van der Waals surface area contributed by atoms with Crippen LogP contribution in [-0.2, 0) is 0 Å². The number of nitrogens with zero attached hydrogens (tertiary/aromatic N) is 1. The van der Waals surface area contributed by atoms with Gasteiger partial charge in [-0.25, -0.2) is 0 Å². The van der Waals surface area contributed by atoms with Crippen molar-refractivity contribution < 1.29 is 4.79 Å². The number of carbonyl (C=O) groups is 1. The van der Waals surface area contributed by atoms with Crippen LogP contribution >= 0.6 is 0 Å². The van der Waals surface area contributed by atoms with Crippen molar-refractivity contribution in [3.8, 4) is 0 Å². The van der Waals surface area contributed by atoms with Crippen LogP contribution in [0.2, 0.25) is 0 Å². The highest BCUT2D eigenvalue weighted by atomic mass is 16.2. The Kier molecular flexibility index (Phi) is 4.85. The zero-order chi connectivity index (χ0) is 15.5. The van der Waals surface area contributed by atoms with Crippen molar-refractivity contribution in [1.82, 2.24) is 4.90 Å². The summed E-state index contributed by atoms with van der Waals surface area (Å²) in [6.45, 7) is 4.63. The van der Waals surface area contributed by atoms with Crippen LogP contribution in [0.1, 0.15) is 69.2 Å². The van der Waals surface area contributed by atoms with Gasteiger partial charge in [-0.05, 0) is 49.7 Å². The predicted octanol–water partition coefficient (Wildman–Crippen LogP) is 4.90. The van der Waals surface area contributed by atoms with E-state index < -0.39 is 0 Å². The predicted molar refractivity (Wildman–Crippen MR) is 90.8 cm³/mol. The van der Waals surface area contributed by atoms with Gasteiger partial charge in [0.1, 0.15) is 0 Å². The van der Waals surface area contributed by atoms with Gasteiger partial charge in [0.15, 0.2) is 0 Å². The molecule has 3 rings (SSSR count). The van der Waals surface area contributed by atoms with E-state index in [1.54, 1.807) is 0 Å². The molecule has 1 amide bonds. The fourth-order valence-electron chi connectivity index (χ4n) is 4.74. The van der Waals surface area contributed by atoms with E-state index in [1.165, 1.54) is 32.1 Å². The van der Waals surface area contributed by atoms with Gasteiger partial charge >= 0.3 is 0 Å². The summed E-state index contributed by atoms with van der Waals surface area (Å²) in [6, 6.07) is 10.8. The van der Waals surface area contributed by atoms with Gasteiger partial charge in [-0.2, -0.15) is 0 Å². The molecule has 4 atom stereocenters. The van der Waals surface area contributed by atoms with E-state index in [-0.39, 0.29) is 5.91 Å². The second-order valence-electron chi connectivity index (χ2n) is 7.24. The van der Waals surface area contributed by atoms with Crippen molar-refractivity contribution in [2.24, 2.45) is 11.8 Å². The second-order valence-corrected chi connectivity index (χ2v) is 7.24. The third-order valence-electron chi connectivity index (χ3n) is 5.85. The largest absolute Gasteiger partial charge is 0.332 e. The highest BCUT2D eigenvalue weighted by molar-refractivity contribution is 5.94. The van der Waals surface area contributed by atoms with E-state index in [1.807, 2.05) is 30.3 Å². The number of piperidine rings is 1. The first-order valence-electron chi connectivity index (χ1n) is 9.10. The molecule has 1 saturated carbocycles. The molecule has 22 heavy (non-hydrogen) atoms. The minimum atomic E-state index is 0.267. The standard InChI is InChI=1S/C20H29NO/c1-3-8-17-13-14-18-15(2)9-7-12-19(18)21(17)20(22)16-10-5-4-6-11-16/h4-6,10-11,15,17-19H,3,7-9,12-14H2,1-2H3/t15-,17+,18+,19-/m1/s1. The van der Waals surface area contributed by atoms with Gasteiger partial charge in [-0.1, -0.05) is 51.3 Å². The summed E-state index contributed by atoms with van der Waals surface area (Å²) in [5.74, 6) is 1.75. The first kappa shape index (κ1) is 15.6. The van der Waals surface area contributed by atoms with Crippen molar-refractivity contribution in [2.45, 2.75) is 70.9 Å². The first-order valence-corrected chi connectivity index (χ1v) is 9.10. The maximum absolute atomic E-state index is 13.2. The Balaban J connectivity index is 1.89. The zero-order valence-corrected chi connectivity index (χ0v) is 14.0. The molecule has 1 aromatic rings. The summed E-state index contributed by atoms with van der Waals surface area (Å²) in [4.78, 5) is 15.5. The fourth-order valence-corrected chi connectivity index (χ4v) is 4.74. The van der Waals surface area contributed by atoms with E-state index in [4.69, 9.17) is 0 Å². The number of fused-ring (bicyclic) bond motifs is 1. The van der Waals surface area contributed by atoms with Crippen LogP contribution in [0.15, 0.2) is 30.3 Å². The summed E-state index contributed by atoms with van der Waals surface area (Å²) < 4.78 is 0. The lowest BCUT2D eigenvalue weighted by Crippen LogP contribution is -2.56. The third-order valence-corrected chi connectivity index (χ3v) is 5.85. The van der Waals surface area contributed by atoms with Crippen LogP contribution in [0.4, 0.5) is 0 Å². The third kappa shape index (κ3) is 2.93. The van der Waals surface area contributed by atoms with Crippen molar-refractivity contribution in [3.63, 3.8) is 0 Å². The lowest BCUT2D eigenvalue weighted by molar-refractivity contribution is -0.00257. The molecule has 0 radical (unpaired) electrons. The topological polar surface area (TPSA) is 20.3 Å². The van der Waals surface area contributed by atoms with Gasteiger partial charge in [-0.3, -0.25) is 4.79 Å². The van der Waals surface area contributed by atoms with Gasteiger partial charge in [0.05, 0.1) is 0 Å². The molecule has 2 heteroatoms. The maximum Gasteiger partial charge on any atom is 0.254 e. The van der Waals surface area contributed by atoms with Crippen LogP contribution in [0.5, 0.6) is 0 Å². The Bertz CT molecular complexity index is 498. The lowest BCUT2D eigenvalue weighted by Gasteiger charge is -2.51. The van der Waals surface area contributed by atoms with Crippen molar-refractivity contribution in [3.05, 3.63) is 35.9 Å². The molecule has 0 bridgehead atoms. The number of rotatable bonds is 3. The van der Waals surface area contributed by atoms with Crippen LogP contribution < -0.4 is 0 Å². The average Bonchev–Trinajstić information content (AvgIpc) is 2.55. The summed E-state index contributed by atoms with van der Waals surface area (Å²) in [5, 5.41) is 0. The van der Waals surface area contributed by atoms with E-state index in [0.29, 0.717) is 12.1 Å². The molecule has 1 aromatic carbocycles. The maximum atomic E-state index is 13.2. The summed E-state index contributed by atoms with van der Waals surface area (Å²) in [5.41, 5.74) is 0.863. The normalized spacial score (nSPS) is 31.6. The smallest absolute Gasteiger partial charge is 0.254 e. The Morgan fingerprint density at radius 1 is 1.14 bits per heavy atom. The molecular weight excluding hydrogens is 270 g/mol. The van der Waals surface area contributed by atoms with Gasteiger partial charge < -0.3 is 4.90 Å². The molecule has 0 N–H and O–H groups in total. The van der Waals surface area contributed by atoms with Crippen molar-refractivity contribution in [1.29, 1.82) is 0 Å². The SMILES string of the molecule is CCC[C@H]1CC[C@H]2[C@H](C)CCC[C@H]2N1C(=O)c1ccccc1. The molecule has 120 valence electrons. The molecule has 1 saturated heterocycles. The molecule has 2 aliphatic rings. The number of benzene rings is 1. The molecule has 0 aromatic heterocycles. The van der Waals surface area contributed by atoms with Crippen LogP contribution in [0.3, 0.4) is 0 Å². The fraction of sp³-hybridized carbons (Fsp3) is 0.650. The van der Waals surface area contributed by atoms with Gasteiger partial charge in [0.2, 0.25) is 0 Å². The van der Waals surface area contributed by atoms with Gasteiger partial charge in [0, 0.05) is 17.6 Å². The van der Waals surface area contributed by atoms with Crippen LogP contribution in [0.25, 0.3) is 0 Å².